The number of anilines is 1. The number of rotatable bonds is 4. The van der Waals surface area contributed by atoms with E-state index in [1.165, 1.54) is 12.1 Å². The minimum Gasteiger partial charge on any atom is -0.462 e. The molecule has 0 saturated carbocycles. The number of ether oxygens (including phenoxy) is 1. The topological polar surface area (TPSA) is 88.5 Å². The molecule has 1 saturated heterocycles. The summed E-state index contributed by atoms with van der Waals surface area (Å²) in [5.41, 5.74) is 1.05. The van der Waals surface area contributed by atoms with Gasteiger partial charge < -0.3 is 14.6 Å². The van der Waals surface area contributed by atoms with Crippen LogP contribution in [0.1, 0.15) is 30.1 Å². The SMILES string of the molecule is CCOC(=O)c1c(N2CCCC2)[nH]c2cc([N+](=O)[O-])ccc12. The average molecular weight is 303 g/mol. The van der Waals surface area contributed by atoms with Gasteiger partial charge in [0.15, 0.2) is 0 Å². The van der Waals surface area contributed by atoms with Crippen LogP contribution in [0, 0.1) is 10.1 Å². The first-order chi connectivity index (χ1) is 10.6. The second-order valence-corrected chi connectivity index (χ2v) is 5.25. The monoisotopic (exact) mass is 303 g/mol. The van der Waals surface area contributed by atoms with Gasteiger partial charge in [0.2, 0.25) is 0 Å². The Morgan fingerprint density at radius 1 is 1.41 bits per heavy atom. The van der Waals surface area contributed by atoms with Crippen molar-refractivity contribution >= 4 is 28.4 Å². The first kappa shape index (κ1) is 14.4. The number of nitrogens with one attached hydrogen (secondary N) is 1. The van der Waals surface area contributed by atoms with Gasteiger partial charge in [-0.25, -0.2) is 4.79 Å². The molecule has 1 aromatic carbocycles. The molecule has 0 atom stereocenters. The Bertz CT molecular complexity index is 732. The number of H-pyrrole nitrogens is 1. The highest BCUT2D eigenvalue weighted by Crippen LogP contribution is 2.33. The molecule has 1 aromatic heterocycles. The molecule has 2 heterocycles. The molecule has 0 amide bonds. The van der Waals surface area contributed by atoms with Crippen LogP contribution in [0.3, 0.4) is 0 Å². The Labute approximate surface area is 127 Å². The number of carbonyl (C=O) groups is 1. The van der Waals surface area contributed by atoms with Crippen LogP contribution in [0.5, 0.6) is 0 Å². The van der Waals surface area contributed by atoms with Gasteiger partial charge in [-0.05, 0) is 25.8 Å². The molecule has 0 radical (unpaired) electrons. The van der Waals surface area contributed by atoms with Crippen LogP contribution in [0.15, 0.2) is 18.2 Å². The van der Waals surface area contributed by atoms with Crippen molar-refractivity contribution in [3.8, 4) is 0 Å². The van der Waals surface area contributed by atoms with Crippen molar-refractivity contribution in [3.05, 3.63) is 33.9 Å². The number of nitro benzene ring substituents is 1. The molecule has 116 valence electrons. The number of carbonyl (C=O) groups excluding carboxylic acids is 1. The number of non-ortho nitro benzene ring substituents is 1. The van der Waals surface area contributed by atoms with E-state index in [1.807, 2.05) is 0 Å². The molecule has 2 aromatic rings. The van der Waals surface area contributed by atoms with Gasteiger partial charge in [0.05, 0.1) is 17.0 Å². The lowest BCUT2D eigenvalue weighted by molar-refractivity contribution is -0.384. The number of esters is 1. The van der Waals surface area contributed by atoms with Gasteiger partial charge in [-0.2, -0.15) is 0 Å². The molecule has 0 bridgehead atoms. The molecule has 0 aliphatic carbocycles. The van der Waals surface area contributed by atoms with E-state index in [4.69, 9.17) is 4.74 Å². The zero-order valence-corrected chi connectivity index (χ0v) is 12.3. The normalized spacial score (nSPS) is 14.5. The second-order valence-electron chi connectivity index (χ2n) is 5.25. The third-order valence-electron chi connectivity index (χ3n) is 3.88. The van der Waals surface area contributed by atoms with E-state index < -0.39 is 10.9 Å². The van der Waals surface area contributed by atoms with Gasteiger partial charge in [0, 0.05) is 30.6 Å². The molecule has 1 N–H and O–H groups in total. The fourth-order valence-electron chi connectivity index (χ4n) is 2.87. The van der Waals surface area contributed by atoms with Crippen LogP contribution < -0.4 is 4.90 Å². The van der Waals surface area contributed by atoms with E-state index in [0.717, 1.165) is 25.9 Å². The van der Waals surface area contributed by atoms with Crippen molar-refractivity contribution < 1.29 is 14.5 Å². The first-order valence-corrected chi connectivity index (χ1v) is 7.34. The lowest BCUT2D eigenvalue weighted by Crippen LogP contribution is -2.21. The van der Waals surface area contributed by atoms with Crippen LogP contribution in [-0.4, -0.2) is 35.6 Å². The maximum atomic E-state index is 12.3. The van der Waals surface area contributed by atoms with E-state index in [9.17, 15) is 14.9 Å². The minimum absolute atomic E-state index is 0.00266. The van der Waals surface area contributed by atoms with Crippen LogP contribution in [0.2, 0.25) is 0 Å². The predicted octanol–water partition coefficient (Wildman–Crippen LogP) is 2.85. The van der Waals surface area contributed by atoms with E-state index in [-0.39, 0.29) is 12.3 Å². The van der Waals surface area contributed by atoms with Gasteiger partial charge in [-0.15, -0.1) is 0 Å². The molecule has 1 aliphatic heterocycles. The Kier molecular flexibility index (Phi) is 3.70. The summed E-state index contributed by atoms with van der Waals surface area (Å²) in [7, 11) is 0. The fourth-order valence-corrected chi connectivity index (χ4v) is 2.87. The zero-order chi connectivity index (χ0) is 15.7. The van der Waals surface area contributed by atoms with E-state index in [2.05, 4.69) is 9.88 Å². The number of aromatic nitrogens is 1. The molecular weight excluding hydrogens is 286 g/mol. The summed E-state index contributed by atoms with van der Waals surface area (Å²) in [6, 6.07) is 4.47. The predicted molar refractivity (Wildman–Crippen MR) is 82.4 cm³/mol. The quantitative estimate of drug-likeness (QED) is 0.533. The average Bonchev–Trinajstić information content (AvgIpc) is 3.13. The smallest absolute Gasteiger partial charge is 0.342 e. The highest BCUT2D eigenvalue weighted by atomic mass is 16.6. The Morgan fingerprint density at radius 2 is 2.14 bits per heavy atom. The number of nitrogens with zero attached hydrogens (tertiary/aromatic N) is 2. The van der Waals surface area contributed by atoms with Crippen molar-refractivity contribution in [2.45, 2.75) is 19.8 Å². The molecular formula is C15H17N3O4. The maximum absolute atomic E-state index is 12.3. The van der Waals surface area contributed by atoms with Crippen molar-refractivity contribution in [1.82, 2.24) is 4.98 Å². The van der Waals surface area contributed by atoms with E-state index >= 15 is 0 Å². The second kappa shape index (κ2) is 5.67. The summed E-state index contributed by atoms with van der Waals surface area (Å²) in [5, 5.41) is 11.6. The number of hydrogen-bond acceptors (Lipinski definition) is 5. The summed E-state index contributed by atoms with van der Waals surface area (Å²) < 4.78 is 5.15. The van der Waals surface area contributed by atoms with Gasteiger partial charge >= 0.3 is 5.97 Å². The molecule has 0 spiro atoms. The number of nitro groups is 1. The molecule has 1 aliphatic rings. The summed E-state index contributed by atoms with van der Waals surface area (Å²) in [4.78, 5) is 28.0. The van der Waals surface area contributed by atoms with Crippen LogP contribution in [0.25, 0.3) is 10.9 Å². The molecule has 1 fully saturated rings. The lowest BCUT2D eigenvalue weighted by atomic mass is 10.1. The third-order valence-corrected chi connectivity index (χ3v) is 3.88. The van der Waals surface area contributed by atoms with Crippen molar-refractivity contribution in [3.63, 3.8) is 0 Å². The first-order valence-electron chi connectivity index (χ1n) is 7.34. The highest BCUT2D eigenvalue weighted by Gasteiger charge is 2.26. The standard InChI is InChI=1S/C15H17N3O4/c1-2-22-15(19)13-11-6-5-10(18(20)21)9-12(11)16-14(13)17-7-3-4-8-17/h5-6,9,16H,2-4,7-8H2,1H3. The molecule has 7 nitrogen and oxygen atoms in total. The highest BCUT2D eigenvalue weighted by molar-refractivity contribution is 6.09. The molecule has 0 unspecified atom stereocenters. The largest absolute Gasteiger partial charge is 0.462 e. The molecule has 7 heteroatoms. The van der Waals surface area contributed by atoms with Crippen molar-refractivity contribution in [2.24, 2.45) is 0 Å². The Hall–Kier alpha value is -2.57. The van der Waals surface area contributed by atoms with Crippen LogP contribution >= 0.6 is 0 Å². The Balaban J connectivity index is 2.16. The van der Waals surface area contributed by atoms with Gasteiger partial charge in [-0.3, -0.25) is 10.1 Å². The third kappa shape index (κ3) is 2.38. The van der Waals surface area contributed by atoms with Crippen LogP contribution in [0.4, 0.5) is 11.5 Å². The summed E-state index contributed by atoms with van der Waals surface area (Å²) in [5.74, 6) is 0.302. The Morgan fingerprint density at radius 3 is 2.77 bits per heavy atom. The number of benzene rings is 1. The molecule has 3 rings (SSSR count). The summed E-state index contributed by atoms with van der Waals surface area (Å²) in [6.07, 6.45) is 2.13. The van der Waals surface area contributed by atoms with Crippen molar-refractivity contribution in [1.29, 1.82) is 0 Å². The zero-order valence-electron chi connectivity index (χ0n) is 12.3. The van der Waals surface area contributed by atoms with Crippen molar-refractivity contribution in [2.75, 3.05) is 24.6 Å². The van der Waals surface area contributed by atoms with E-state index in [0.29, 0.717) is 22.3 Å². The van der Waals surface area contributed by atoms with Gasteiger partial charge in [-0.1, -0.05) is 0 Å². The number of aromatic amines is 1. The molecule has 22 heavy (non-hydrogen) atoms. The fraction of sp³-hybridized carbons (Fsp3) is 0.400. The van der Waals surface area contributed by atoms with E-state index in [1.54, 1.807) is 13.0 Å². The van der Waals surface area contributed by atoms with Gasteiger partial charge in [0.25, 0.3) is 5.69 Å². The van der Waals surface area contributed by atoms with Crippen LogP contribution in [-0.2, 0) is 4.74 Å². The lowest BCUT2D eigenvalue weighted by Gasteiger charge is -2.17. The maximum Gasteiger partial charge on any atom is 0.342 e. The van der Waals surface area contributed by atoms with Gasteiger partial charge in [0.1, 0.15) is 11.4 Å². The summed E-state index contributed by atoms with van der Waals surface area (Å²) >= 11 is 0. The number of hydrogen-bond donors (Lipinski definition) is 1. The minimum atomic E-state index is -0.445. The summed E-state index contributed by atoms with van der Waals surface area (Å²) in [6.45, 7) is 3.77. The number of fused-ring (bicyclic) bond motifs is 1.